The van der Waals surface area contributed by atoms with Crippen LogP contribution in [0.4, 0.5) is 0 Å². The van der Waals surface area contributed by atoms with Crippen molar-refractivity contribution in [1.82, 2.24) is 5.32 Å². The Balaban J connectivity index is 2.60. The minimum atomic E-state index is -2.28. The van der Waals surface area contributed by atoms with E-state index in [0.717, 1.165) is 48.5 Å². The van der Waals surface area contributed by atoms with Gasteiger partial charge in [-0.15, -0.1) is 0 Å². The lowest BCUT2D eigenvalue weighted by Crippen LogP contribution is -2.71. The lowest BCUT2D eigenvalue weighted by molar-refractivity contribution is -0.310. The third-order valence-corrected chi connectivity index (χ3v) is 7.21. The summed E-state index contributed by atoms with van der Waals surface area (Å²) >= 11 is 0. The van der Waals surface area contributed by atoms with E-state index in [1.807, 2.05) is 0 Å². The molecule has 1 fully saturated rings. The van der Waals surface area contributed by atoms with Crippen LogP contribution in [0.25, 0.3) is 0 Å². The van der Waals surface area contributed by atoms with Crippen LogP contribution in [0, 0.1) is 0 Å². The van der Waals surface area contributed by atoms with Crippen molar-refractivity contribution in [3.05, 3.63) is 35.9 Å². The molecule has 9 atom stereocenters. The van der Waals surface area contributed by atoms with Crippen LogP contribution in [-0.4, -0.2) is 121 Å². The van der Waals surface area contributed by atoms with E-state index in [4.69, 9.17) is 43.6 Å². The van der Waals surface area contributed by atoms with Gasteiger partial charge in [0.1, 0.15) is 18.8 Å². The van der Waals surface area contributed by atoms with Gasteiger partial charge >= 0.3 is 41.8 Å². The van der Waals surface area contributed by atoms with Crippen LogP contribution in [-0.2, 0) is 82.7 Å². The fraction of sp³-hybridized carbons (Fsp3) is 0.576. The number of nitrogens with two attached hydrogens (primary N) is 1. The van der Waals surface area contributed by atoms with Crippen molar-refractivity contribution in [1.29, 1.82) is 0 Å². The number of nitrogens with one attached hydrogen (secondary N) is 1. The number of rotatable bonds is 16. The topological polar surface area (TPSA) is 269 Å². The van der Waals surface area contributed by atoms with Gasteiger partial charge in [0.2, 0.25) is 6.10 Å². The molecular weight excluding hydrogens is 696 g/mol. The van der Waals surface area contributed by atoms with Gasteiger partial charge in [0.15, 0.2) is 36.3 Å². The van der Waals surface area contributed by atoms with Gasteiger partial charge in [-0.25, -0.2) is 0 Å². The van der Waals surface area contributed by atoms with E-state index in [0.29, 0.717) is 5.56 Å². The highest BCUT2D eigenvalue weighted by atomic mass is 16.7. The van der Waals surface area contributed by atoms with Crippen molar-refractivity contribution in [2.45, 2.75) is 109 Å². The molecule has 0 aliphatic carbocycles. The number of benzene rings is 1. The van der Waals surface area contributed by atoms with E-state index in [1.165, 1.54) is 0 Å². The lowest BCUT2D eigenvalue weighted by atomic mass is 9.86. The number of amides is 1. The Hall–Kier alpha value is -5.14. The Morgan fingerprint density at radius 2 is 1.25 bits per heavy atom. The third-order valence-electron chi connectivity index (χ3n) is 7.21. The summed E-state index contributed by atoms with van der Waals surface area (Å²) in [6.07, 6.45) is -12.6. The van der Waals surface area contributed by atoms with Crippen LogP contribution in [0.15, 0.2) is 30.3 Å². The molecule has 0 radical (unpaired) electrons. The van der Waals surface area contributed by atoms with Crippen LogP contribution in [0.2, 0.25) is 0 Å². The molecule has 0 unspecified atom stereocenters. The van der Waals surface area contributed by atoms with E-state index >= 15 is 0 Å². The number of esters is 7. The zero-order valence-corrected chi connectivity index (χ0v) is 29.7. The van der Waals surface area contributed by atoms with Gasteiger partial charge in [-0.05, 0) is 5.56 Å². The molecule has 1 saturated heterocycles. The average molecular weight is 741 g/mol. The monoisotopic (exact) mass is 740 g/mol. The summed E-state index contributed by atoms with van der Waals surface area (Å²) in [5, 5.41) is 14.1. The molecule has 1 aliphatic rings. The molecule has 1 aromatic rings. The summed E-state index contributed by atoms with van der Waals surface area (Å²) in [5.41, 5.74) is 6.90. The molecule has 0 bridgehead atoms. The second-order valence-electron chi connectivity index (χ2n) is 11.7. The Morgan fingerprint density at radius 1 is 0.731 bits per heavy atom. The Morgan fingerprint density at radius 3 is 1.75 bits per heavy atom. The Bertz CT molecular complexity index is 1470. The molecule has 0 saturated carbocycles. The van der Waals surface area contributed by atoms with Crippen molar-refractivity contribution in [3.63, 3.8) is 0 Å². The number of carbonyl (C=O) groups excluding carboxylic acids is 8. The van der Waals surface area contributed by atoms with Gasteiger partial charge < -0.3 is 54.1 Å². The minimum absolute atomic E-state index is 0.251. The first kappa shape index (κ1) is 43.0. The van der Waals surface area contributed by atoms with Crippen LogP contribution in [0.3, 0.4) is 0 Å². The van der Waals surface area contributed by atoms with Crippen molar-refractivity contribution in [2.75, 3.05) is 13.2 Å². The SMILES string of the molecule is CC(=O)OC[C@@H](OC(C)=O)[C@H](OC(C)=O)[C@@H](OC(C)=O)[C@@H](OC(C)=O)C(=O)NC[C@H]1O[C@@](O)(Cc2ccccc2)[C@H](N)[C@@H](OC(C)=O)[C@@H]1OC(C)=O. The molecule has 1 aromatic carbocycles. The summed E-state index contributed by atoms with van der Waals surface area (Å²) in [6.45, 7) is 5.44. The van der Waals surface area contributed by atoms with Gasteiger partial charge in [-0.1, -0.05) is 30.3 Å². The largest absolute Gasteiger partial charge is 0.462 e. The first-order valence-corrected chi connectivity index (χ1v) is 15.9. The van der Waals surface area contributed by atoms with Crippen molar-refractivity contribution < 1.29 is 81.4 Å². The standard InChI is InChI=1S/C33H44N2O17/c1-16(36)45-15-25(46-17(2)37)27(48-19(4)39)28(49-20(5)40)30(51-22(7)42)32(43)35-14-24-26(47-18(3)38)29(50-21(6)41)31(34)33(44,52-24)13-23-11-9-8-10-12-23/h8-12,24-31,44H,13-15,34H2,1-7H3,(H,35,43)/t24-,25-,26-,27+,28-,29+,30-,31-,33+/m1/s1. The minimum Gasteiger partial charge on any atom is -0.462 e. The molecule has 52 heavy (non-hydrogen) atoms. The molecule has 1 amide bonds. The van der Waals surface area contributed by atoms with Gasteiger partial charge in [0.05, 0.1) is 0 Å². The van der Waals surface area contributed by atoms with Gasteiger partial charge in [0.25, 0.3) is 5.91 Å². The summed E-state index contributed by atoms with van der Waals surface area (Å²) in [6, 6.07) is 6.93. The second-order valence-corrected chi connectivity index (χ2v) is 11.7. The first-order chi connectivity index (χ1) is 24.2. The zero-order chi connectivity index (χ0) is 39.3. The van der Waals surface area contributed by atoms with Gasteiger partial charge in [-0.2, -0.15) is 0 Å². The maximum Gasteiger partial charge on any atom is 0.303 e. The van der Waals surface area contributed by atoms with E-state index in [2.05, 4.69) is 5.32 Å². The Labute approximate surface area is 298 Å². The van der Waals surface area contributed by atoms with E-state index in [9.17, 15) is 43.5 Å². The predicted molar refractivity (Wildman–Crippen MR) is 171 cm³/mol. The molecule has 2 rings (SSSR count). The third kappa shape index (κ3) is 13.2. The lowest BCUT2D eigenvalue weighted by Gasteiger charge is -2.48. The van der Waals surface area contributed by atoms with Crippen molar-refractivity contribution in [3.8, 4) is 0 Å². The number of hydrogen-bond acceptors (Lipinski definition) is 18. The molecule has 4 N–H and O–H groups in total. The highest BCUT2D eigenvalue weighted by molar-refractivity contribution is 5.84. The van der Waals surface area contributed by atoms with Gasteiger partial charge in [-0.3, -0.25) is 38.4 Å². The summed E-state index contributed by atoms with van der Waals surface area (Å²) in [4.78, 5) is 98.7. The van der Waals surface area contributed by atoms with Crippen LogP contribution < -0.4 is 11.1 Å². The zero-order valence-electron chi connectivity index (χ0n) is 29.7. The van der Waals surface area contributed by atoms with E-state index in [1.54, 1.807) is 30.3 Å². The summed E-state index contributed by atoms with van der Waals surface area (Å²) in [7, 11) is 0. The quantitative estimate of drug-likeness (QED) is 0.134. The average Bonchev–Trinajstić information content (AvgIpc) is 3.02. The second kappa shape index (κ2) is 19.5. The fourth-order valence-corrected chi connectivity index (χ4v) is 5.35. The summed E-state index contributed by atoms with van der Waals surface area (Å²) in [5.74, 6) is -10.2. The molecule has 19 heteroatoms. The van der Waals surface area contributed by atoms with Crippen molar-refractivity contribution >= 4 is 47.7 Å². The van der Waals surface area contributed by atoms with Crippen LogP contribution >= 0.6 is 0 Å². The Kier molecular flexibility index (Phi) is 16.1. The molecular formula is C33H44N2O17. The highest BCUT2D eigenvalue weighted by Crippen LogP contribution is 2.33. The number of carbonyl (C=O) groups is 8. The number of hydrogen-bond donors (Lipinski definition) is 3. The molecule has 1 aliphatic heterocycles. The fourth-order valence-electron chi connectivity index (χ4n) is 5.35. The van der Waals surface area contributed by atoms with Crippen LogP contribution in [0.5, 0.6) is 0 Å². The first-order valence-electron chi connectivity index (χ1n) is 15.9. The van der Waals surface area contributed by atoms with E-state index < -0.39 is 115 Å². The maximum atomic E-state index is 13.9. The molecule has 1 heterocycles. The normalized spacial score (nSPS) is 23.2. The number of aliphatic hydroxyl groups is 1. The van der Waals surface area contributed by atoms with Gasteiger partial charge in [0, 0.05) is 61.4 Å². The molecule has 0 spiro atoms. The molecule has 288 valence electrons. The highest BCUT2D eigenvalue weighted by Gasteiger charge is 2.56. The predicted octanol–water partition coefficient (Wildman–Crippen LogP) is -1.09. The number of ether oxygens (including phenoxy) is 8. The molecule has 0 aromatic heterocycles. The molecule has 19 nitrogen and oxygen atoms in total. The van der Waals surface area contributed by atoms with Crippen molar-refractivity contribution in [2.24, 2.45) is 5.73 Å². The van der Waals surface area contributed by atoms with E-state index in [-0.39, 0.29) is 6.42 Å². The maximum absolute atomic E-state index is 13.9. The van der Waals surface area contributed by atoms with Crippen LogP contribution in [0.1, 0.15) is 54.0 Å². The summed E-state index contributed by atoms with van der Waals surface area (Å²) < 4.78 is 42.7. The smallest absolute Gasteiger partial charge is 0.303 e.